The van der Waals surface area contributed by atoms with Gasteiger partial charge < -0.3 is 10.6 Å². The Kier molecular flexibility index (Phi) is 6.58. The van der Waals surface area contributed by atoms with E-state index in [4.69, 9.17) is 5.73 Å². The number of nitrogens with zero attached hydrogens (tertiary/aromatic N) is 2. The first-order valence-electron chi connectivity index (χ1n) is 9.60. The number of hydrogen-bond donors (Lipinski definition) is 1. The fourth-order valence-corrected chi connectivity index (χ4v) is 3.93. The summed E-state index contributed by atoms with van der Waals surface area (Å²) in [7, 11) is 0. The minimum atomic E-state index is -0.271. The fraction of sp³-hybridized carbons (Fsp3) is 0.409. The zero-order chi connectivity index (χ0) is 19.2. The molecule has 0 unspecified atom stereocenters. The molecule has 1 heterocycles. The number of carbonyl (C=O) groups is 1. The number of hydrogen-bond acceptors (Lipinski definition) is 3. The molecule has 2 N–H and O–H groups in total. The van der Waals surface area contributed by atoms with E-state index < -0.39 is 0 Å². The van der Waals surface area contributed by atoms with Gasteiger partial charge in [-0.2, -0.15) is 0 Å². The monoisotopic (exact) mass is 369 g/mol. The van der Waals surface area contributed by atoms with Crippen LogP contribution in [0.1, 0.15) is 24.0 Å². The van der Waals surface area contributed by atoms with Crippen molar-refractivity contribution in [2.24, 2.45) is 11.7 Å². The summed E-state index contributed by atoms with van der Waals surface area (Å²) in [6.07, 6.45) is 0. The summed E-state index contributed by atoms with van der Waals surface area (Å²) < 4.78 is 13.4. The molecule has 0 radical (unpaired) electrons. The SMILES string of the molecule is CCN(Cc1cccc(F)c1)C(=O)CN1C[C@@H](CN)[C@H](c2ccccc2)C1. The van der Waals surface area contributed by atoms with Crippen LogP contribution in [0.15, 0.2) is 54.6 Å². The van der Waals surface area contributed by atoms with Crippen LogP contribution >= 0.6 is 0 Å². The number of nitrogens with two attached hydrogens (primary N) is 1. The highest BCUT2D eigenvalue weighted by atomic mass is 19.1. The molecule has 144 valence electrons. The lowest BCUT2D eigenvalue weighted by Gasteiger charge is -2.24. The van der Waals surface area contributed by atoms with Crippen LogP contribution in [-0.2, 0) is 11.3 Å². The fourth-order valence-electron chi connectivity index (χ4n) is 3.93. The lowest BCUT2D eigenvalue weighted by Crippen LogP contribution is -2.39. The molecule has 27 heavy (non-hydrogen) atoms. The van der Waals surface area contributed by atoms with Gasteiger partial charge in [0.2, 0.25) is 5.91 Å². The van der Waals surface area contributed by atoms with Crippen LogP contribution in [0, 0.1) is 11.7 Å². The number of carbonyl (C=O) groups excluding carboxylic acids is 1. The molecule has 1 fully saturated rings. The smallest absolute Gasteiger partial charge is 0.237 e. The van der Waals surface area contributed by atoms with E-state index in [0.29, 0.717) is 38.0 Å². The Morgan fingerprint density at radius 3 is 2.63 bits per heavy atom. The van der Waals surface area contributed by atoms with Crippen molar-refractivity contribution in [3.05, 3.63) is 71.5 Å². The molecule has 1 saturated heterocycles. The minimum Gasteiger partial charge on any atom is -0.338 e. The predicted molar refractivity (Wildman–Crippen MR) is 106 cm³/mol. The van der Waals surface area contributed by atoms with E-state index in [2.05, 4.69) is 29.2 Å². The summed E-state index contributed by atoms with van der Waals surface area (Å²) in [6, 6.07) is 16.8. The number of amides is 1. The van der Waals surface area contributed by atoms with Gasteiger partial charge in [-0.1, -0.05) is 42.5 Å². The van der Waals surface area contributed by atoms with Crippen molar-refractivity contribution in [2.45, 2.75) is 19.4 Å². The Bertz CT molecular complexity index is 752. The van der Waals surface area contributed by atoms with Crippen LogP contribution < -0.4 is 5.73 Å². The van der Waals surface area contributed by atoms with E-state index in [0.717, 1.165) is 18.7 Å². The molecule has 2 aromatic rings. The highest BCUT2D eigenvalue weighted by Gasteiger charge is 2.34. The standard InChI is InChI=1S/C22H28FN3O/c1-2-26(13-17-7-6-10-20(23)11-17)22(27)16-25-14-19(12-24)21(15-25)18-8-4-3-5-9-18/h3-11,19,21H,2,12-16,24H2,1H3/t19-,21+/m1/s1. The molecule has 5 heteroatoms. The van der Waals surface area contributed by atoms with Crippen molar-refractivity contribution in [2.75, 3.05) is 32.7 Å². The average molecular weight is 369 g/mol. The molecule has 3 rings (SSSR count). The van der Waals surface area contributed by atoms with Crippen molar-refractivity contribution in [3.63, 3.8) is 0 Å². The Labute approximate surface area is 160 Å². The van der Waals surface area contributed by atoms with Crippen molar-refractivity contribution >= 4 is 5.91 Å². The second-order valence-electron chi connectivity index (χ2n) is 7.24. The van der Waals surface area contributed by atoms with Crippen LogP contribution in [0.4, 0.5) is 4.39 Å². The van der Waals surface area contributed by atoms with E-state index in [1.54, 1.807) is 11.0 Å². The molecule has 0 aromatic heterocycles. The van der Waals surface area contributed by atoms with E-state index >= 15 is 0 Å². The second-order valence-corrected chi connectivity index (χ2v) is 7.24. The van der Waals surface area contributed by atoms with Crippen LogP contribution in [-0.4, -0.2) is 48.4 Å². The lowest BCUT2D eigenvalue weighted by atomic mass is 9.89. The Morgan fingerprint density at radius 2 is 1.96 bits per heavy atom. The van der Waals surface area contributed by atoms with E-state index in [1.807, 2.05) is 19.1 Å². The van der Waals surface area contributed by atoms with Crippen molar-refractivity contribution < 1.29 is 9.18 Å². The van der Waals surface area contributed by atoms with Gasteiger partial charge in [0.15, 0.2) is 0 Å². The predicted octanol–water partition coefficient (Wildman–Crippen LogP) is 2.85. The molecule has 0 bridgehead atoms. The number of likely N-dealkylation sites (N-methyl/N-ethyl adjacent to an activating group) is 1. The third-order valence-corrected chi connectivity index (χ3v) is 5.40. The van der Waals surface area contributed by atoms with Gasteiger partial charge in [0.05, 0.1) is 6.54 Å². The van der Waals surface area contributed by atoms with Gasteiger partial charge in [0.1, 0.15) is 5.82 Å². The van der Waals surface area contributed by atoms with Crippen molar-refractivity contribution in [1.82, 2.24) is 9.80 Å². The molecule has 4 nitrogen and oxygen atoms in total. The molecule has 1 aliphatic heterocycles. The van der Waals surface area contributed by atoms with Crippen LogP contribution in [0.2, 0.25) is 0 Å². The first-order chi connectivity index (χ1) is 13.1. The molecular weight excluding hydrogens is 341 g/mol. The van der Waals surface area contributed by atoms with Crippen LogP contribution in [0.25, 0.3) is 0 Å². The van der Waals surface area contributed by atoms with E-state index in [1.165, 1.54) is 17.7 Å². The van der Waals surface area contributed by atoms with Gasteiger partial charge in [0, 0.05) is 32.1 Å². The van der Waals surface area contributed by atoms with Crippen LogP contribution in [0.5, 0.6) is 0 Å². The topological polar surface area (TPSA) is 49.6 Å². The number of likely N-dealkylation sites (tertiary alicyclic amines) is 1. The van der Waals surface area contributed by atoms with Gasteiger partial charge in [-0.05, 0) is 42.6 Å². The second kappa shape index (κ2) is 9.11. The summed E-state index contributed by atoms with van der Waals surface area (Å²) >= 11 is 0. The highest BCUT2D eigenvalue weighted by Crippen LogP contribution is 2.31. The number of benzene rings is 2. The van der Waals surface area contributed by atoms with E-state index in [-0.39, 0.29) is 11.7 Å². The third-order valence-electron chi connectivity index (χ3n) is 5.40. The molecule has 1 aliphatic rings. The molecule has 0 spiro atoms. The summed E-state index contributed by atoms with van der Waals surface area (Å²) in [5, 5.41) is 0. The maximum absolute atomic E-state index is 13.4. The van der Waals surface area contributed by atoms with Crippen LogP contribution in [0.3, 0.4) is 0 Å². The van der Waals surface area contributed by atoms with Gasteiger partial charge in [-0.25, -0.2) is 4.39 Å². The molecule has 2 aromatic carbocycles. The molecule has 0 aliphatic carbocycles. The normalized spacial score (nSPS) is 20.0. The third kappa shape index (κ3) is 4.93. The molecular formula is C22H28FN3O. The van der Waals surface area contributed by atoms with Gasteiger partial charge >= 0.3 is 0 Å². The largest absolute Gasteiger partial charge is 0.338 e. The van der Waals surface area contributed by atoms with Crippen molar-refractivity contribution in [1.29, 1.82) is 0 Å². The summed E-state index contributed by atoms with van der Waals surface area (Å²) in [4.78, 5) is 16.8. The molecule has 1 amide bonds. The number of rotatable bonds is 7. The summed E-state index contributed by atoms with van der Waals surface area (Å²) in [5.74, 6) is 0.527. The summed E-state index contributed by atoms with van der Waals surface area (Å²) in [5.41, 5.74) is 8.10. The maximum atomic E-state index is 13.4. The first-order valence-corrected chi connectivity index (χ1v) is 9.60. The quantitative estimate of drug-likeness (QED) is 0.816. The molecule has 0 saturated carbocycles. The Balaban J connectivity index is 1.62. The highest BCUT2D eigenvalue weighted by molar-refractivity contribution is 5.78. The maximum Gasteiger partial charge on any atom is 0.237 e. The van der Waals surface area contributed by atoms with Gasteiger partial charge in [0.25, 0.3) is 0 Å². The Hall–Kier alpha value is -2.24. The first kappa shape index (κ1) is 19.5. The van der Waals surface area contributed by atoms with Crippen molar-refractivity contribution in [3.8, 4) is 0 Å². The van der Waals surface area contributed by atoms with Gasteiger partial charge in [-0.3, -0.25) is 9.69 Å². The zero-order valence-corrected chi connectivity index (χ0v) is 15.9. The summed E-state index contributed by atoms with van der Waals surface area (Å²) in [6.45, 7) is 5.66. The molecule has 2 atom stereocenters. The lowest BCUT2D eigenvalue weighted by molar-refractivity contribution is -0.132. The number of halogens is 1. The minimum absolute atomic E-state index is 0.0752. The van der Waals surface area contributed by atoms with Gasteiger partial charge in [-0.15, -0.1) is 0 Å². The van der Waals surface area contributed by atoms with E-state index in [9.17, 15) is 9.18 Å². The Morgan fingerprint density at radius 1 is 1.19 bits per heavy atom. The average Bonchev–Trinajstić information content (AvgIpc) is 3.09. The zero-order valence-electron chi connectivity index (χ0n) is 15.9.